The minimum absolute atomic E-state index is 0.123. The van der Waals surface area contributed by atoms with Crippen molar-refractivity contribution in [2.75, 3.05) is 26.5 Å². The van der Waals surface area contributed by atoms with Crippen LogP contribution in [0.15, 0.2) is 30.3 Å². The average molecular weight is 380 g/mol. The highest BCUT2D eigenvalue weighted by Gasteiger charge is 2.46. The Labute approximate surface area is 152 Å². The lowest BCUT2D eigenvalue weighted by molar-refractivity contribution is -0.134. The molecule has 1 amide bonds. The molecule has 27 heavy (non-hydrogen) atoms. The third-order valence-corrected chi connectivity index (χ3v) is 5.26. The number of likely N-dealkylation sites (tertiary alicyclic amines) is 1. The molecule has 1 aromatic carbocycles. The van der Waals surface area contributed by atoms with Gasteiger partial charge in [-0.15, -0.1) is 0 Å². The Morgan fingerprint density at radius 1 is 1.26 bits per heavy atom. The van der Waals surface area contributed by atoms with E-state index >= 15 is 0 Å². The standard InChI is InChI=1S/C19H16F4N2O2/c20-7-19(8-21)9-27-17-14(19)5-15(13-6-25(10-26)18(13)23)24-16(17)11-1-3-12(22)4-2-11/h1-5,10,13,18H,6-9H2. The fourth-order valence-electron chi connectivity index (χ4n) is 3.47. The van der Waals surface area contributed by atoms with Crippen molar-refractivity contribution >= 4 is 6.41 Å². The molecule has 2 aromatic rings. The molecule has 2 unspecified atom stereocenters. The van der Waals surface area contributed by atoms with Gasteiger partial charge in [0.25, 0.3) is 0 Å². The minimum atomic E-state index is -1.55. The largest absolute Gasteiger partial charge is 0.490 e. The second kappa shape index (κ2) is 6.51. The molecule has 2 aliphatic rings. The van der Waals surface area contributed by atoms with Gasteiger partial charge in [0.1, 0.15) is 37.2 Å². The van der Waals surface area contributed by atoms with Crippen LogP contribution in [0.5, 0.6) is 5.75 Å². The maximum atomic E-state index is 14.3. The van der Waals surface area contributed by atoms with Gasteiger partial charge in [-0.25, -0.2) is 22.5 Å². The Morgan fingerprint density at radius 3 is 2.56 bits per heavy atom. The molecule has 0 spiro atoms. The van der Waals surface area contributed by atoms with E-state index in [9.17, 15) is 22.4 Å². The molecular weight excluding hydrogens is 364 g/mol. The predicted molar refractivity (Wildman–Crippen MR) is 89.2 cm³/mol. The van der Waals surface area contributed by atoms with Gasteiger partial charge >= 0.3 is 0 Å². The Kier molecular flexibility index (Phi) is 4.28. The molecule has 4 nitrogen and oxygen atoms in total. The predicted octanol–water partition coefficient (Wildman–Crippen LogP) is 3.31. The lowest BCUT2D eigenvalue weighted by Gasteiger charge is -2.40. The first-order valence-electron chi connectivity index (χ1n) is 8.44. The van der Waals surface area contributed by atoms with E-state index in [0.29, 0.717) is 12.0 Å². The van der Waals surface area contributed by atoms with Gasteiger partial charge < -0.3 is 9.64 Å². The number of pyridine rings is 1. The second-order valence-corrected chi connectivity index (χ2v) is 6.90. The highest BCUT2D eigenvalue weighted by molar-refractivity contribution is 5.71. The number of benzene rings is 1. The van der Waals surface area contributed by atoms with E-state index in [4.69, 9.17) is 4.74 Å². The summed E-state index contributed by atoms with van der Waals surface area (Å²) in [6, 6.07) is 6.88. The number of carbonyl (C=O) groups is 1. The molecule has 2 aliphatic heterocycles. The van der Waals surface area contributed by atoms with Crippen LogP contribution in [0.2, 0.25) is 0 Å². The van der Waals surface area contributed by atoms with Gasteiger partial charge in [0.2, 0.25) is 6.41 Å². The number of carbonyl (C=O) groups excluding carboxylic acids is 1. The molecular formula is C19H16F4N2O2. The van der Waals surface area contributed by atoms with Gasteiger partial charge in [-0.2, -0.15) is 0 Å². The van der Waals surface area contributed by atoms with Crippen LogP contribution in [-0.4, -0.2) is 49.1 Å². The molecule has 2 atom stereocenters. The first kappa shape index (κ1) is 17.8. The van der Waals surface area contributed by atoms with Crippen LogP contribution >= 0.6 is 0 Å². The van der Waals surface area contributed by atoms with E-state index in [1.54, 1.807) is 0 Å². The van der Waals surface area contributed by atoms with E-state index in [1.807, 2.05) is 0 Å². The number of halogens is 4. The van der Waals surface area contributed by atoms with Crippen molar-refractivity contribution in [3.8, 4) is 17.0 Å². The number of alkyl halides is 3. The number of hydrogen-bond acceptors (Lipinski definition) is 3. The molecule has 0 radical (unpaired) electrons. The number of aromatic nitrogens is 1. The van der Waals surface area contributed by atoms with Crippen LogP contribution in [-0.2, 0) is 10.2 Å². The van der Waals surface area contributed by atoms with Crippen LogP contribution in [0.25, 0.3) is 11.3 Å². The lowest BCUT2D eigenvalue weighted by atomic mass is 9.82. The number of hydrogen-bond donors (Lipinski definition) is 0. The van der Waals surface area contributed by atoms with Gasteiger partial charge in [0, 0.05) is 17.7 Å². The van der Waals surface area contributed by atoms with E-state index < -0.39 is 36.8 Å². The number of fused-ring (bicyclic) bond motifs is 1. The fraction of sp³-hybridized carbons (Fsp3) is 0.368. The molecule has 0 aliphatic carbocycles. The van der Waals surface area contributed by atoms with E-state index in [1.165, 1.54) is 30.3 Å². The molecule has 142 valence electrons. The number of amides is 1. The third-order valence-electron chi connectivity index (χ3n) is 5.26. The monoisotopic (exact) mass is 380 g/mol. The van der Waals surface area contributed by atoms with Gasteiger partial charge in [-0.1, -0.05) is 0 Å². The maximum Gasteiger partial charge on any atom is 0.212 e. The molecule has 1 fully saturated rings. The lowest BCUT2D eigenvalue weighted by Crippen LogP contribution is -2.51. The Bertz CT molecular complexity index is 871. The summed E-state index contributed by atoms with van der Waals surface area (Å²) in [5.74, 6) is -0.918. The number of nitrogens with zero attached hydrogens (tertiary/aromatic N) is 2. The van der Waals surface area contributed by atoms with E-state index in [0.717, 1.165) is 4.90 Å². The Balaban J connectivity index is 1.86. The quantitative estimate of drug-likeness (QED) is 0.454. The topological polar surface area (TPSA) is 42.4 Å². The SMILES string of the molecule is O=CN1CC(c2cc3c(c(-c4ccc(F)cc4)n2)OCC3(CF)CF)C1F. The van der Waals surface area contributed by atoms with Gasteiger partial charge in [-0.05, 0) is 30.3 Å². The summed E-state index contributed by atoms with van der Waals surface area (Å²) >= 11 is 0. The molecule has 0 bridgehead atoms. The molecule has 0 N–H and O–H groups in total. The zero-order valence-corrected chi connectivity index (χ0v) is 14.2. The summed E-state index contributed by atoms with van der Waals surface area (Å²) in [7, 11) is 0. The van der Waals surface area contributed by atoms with Gasteiger partial charge in [0.15, 0.2) is 6.30 Å². The second-order valence-electron chi connectivity index (χ2n) is 6.90. The number of ether oxygens (including phenoxy) is 1. The normalized spacial score (nSPS) is 22.7. The smallest absolute Gasteiger partial charge is 0.212 e. The summed E-state index contributed by atoms with van der Waals surface area (Å²) in [6.45, 7) is -2.03. The molecule has 0 saturated carbocycles. The highest BCUT2D eigenvalue weighted by Crippen LogP contribution is 2.47. The summed E-state index contributed by atoms with van der Waals surface area (Å²) in [4.78, 5) is 16.2. The fourth-order valence-corrected chi connectivity index (χ4v) is 3.47. The van der Waals surface area contributed by atoms with Crippen LogP contribution < -0.4 is 4.74 Å². The van der Waals surface area contributed by atoms with Crippen molar-refractivity contribution in [3.63, 3.8) is 0 Å². The third kappa shape index (κ3) is 2.65. The van der Waals surface area contributed by atoms with Gasteiger partial charge in [-0.3, -0.25) is 4.79 Å². The summed E-state index contributed by atoms with van der Waals surface area (Å²) in [5, 5.41) is 0. The summed E-state index contributed by atoms with van der Waals surface area (Å²) in [5.41, 5.74) is -0.126. The van der Waals surface area contributed by atoms with Gasteiger partial charge in [0.05, 0.1) is 17.0 Å². The molecule has 1 aromatic heterocycles. The Morgan fingerprint density at radius 2 is 1.96 bits per heavy atom. The number of rotatable bonds is 5. The molecule has 1 saturated heterocycles. The van der Waals surface area contributed by atoms with Crippen LogP contribution in [0.4, 0.5) is 17.6 Å². The maximum absolute atomic E-state index is 14.3. The summed E-state index contributed by atoms with van der Waals surface area (Å²) < 4.78 is 60.5. The average Bonchev–Trinajstić information content (AvgIpc) is 3.06. The van der Waals surface area contributed by atoms with Crippen LogP contribution in [0.3, 0.4) is 0 Å². The first-order valence-corrected chi connectivity index (χ1v) is 8.44. The Hall–Kier alpha value is -2.64. The molecule has 8 heteroatoms. The van der Waals surface area contributed by atoms with Crippen LogP contribution in [0.1, 0.15) is 17.2 Å². The minimum Gasteiger partial charge on any atom is -0.490 e. The van der Waals surface area contributed by atoms with Crippen molar-refractivity contribution in [2.24, 2.45) is 0 Å². The summed E-state index contributed by atoms with van der Waals surface area (Å²) in [6.07, 6.45) is -1.15. The van der Waals surface area contributed by atoms with Crippen molar-refractivity contribution in [3.05, 3.63) is 47.4 Å². The van der Waals surface area contributed by atoms with Crippen molar-refractivity contribution < 1.29 is 27.1 Å². The van der Waals surface area contributed by atoms with Crippen molar-refractivity contribution in [1.82, 2.24) is 9.88 Å². The van der Waals surface area contributed by atoms with Crippen molar-refractivity contribution in [2.45, 2.75) is 17.6 Å². The van der Waals surface area contributed by atoms with E-state index in [-0.39, 0.29) is 35.9 Å². The van der Waals surface area contributed by atoms with Crippen LogP contribution in [0, 0.1) is 5.82 Å². The highest BCUT2D eigenvalue weighted by atomic mass is 19.1. The molecule has 4 rings (SSSR count). The zero-order chi connectivity index (χ0) is 19.2. The molecule has 3 heterocycles. The zero-order valence-electron chi connectivity index (χ0n) is 14.2. The first-order chi connectivity index (χ1) is 13.0. The van der Waals surface area contributed by atoms with Crippen molar-refractivity contribution in [1.29, 1.82) is 0 Å². The van der Waals surface area contributed by atoms with E-state index in [2.05, 4.69) is 4.98 Å².